The number of aliphatic hydroxyl groups is 2. The van der Waals surface area contributed by atoms with E-state index in [4.69, 9.17) is 11.5 Å². The predicted molar refractivity (Wildman–Crippen MR) is 96.3 cm³/mol. The van der Waals surface area contributed by atoms with Gasteiger partial charge in [0, 0.05) is 16.7 Å². The molecule has 2 aliphatic rings. The minimum absolute atomic E-state index is 0.00288. The lowest BCUT2D eigenvalue weighted by Gasteiger charge is -2.36. The van der Waals surface area contributed by atoms with Crippen LogP contribution in [0.2, 0.25) is 0 Å². The highest BCUT2D eigenvalue weighted by atomic mass is 16.3. The summed E-state index contributed by atoms with van der Waals surface area (Å²) in [6, 6.07) is 8.83. The Balaban J connectivity index is 2.00. The average Bonchev–Trinajstić information content (AvgIpc) is 2.64. The number of nitrogens with two attached hydrogens (primary N) is 2. The van der Waals surface area contributed by atoms with Gasteiger partial charge in [-0.15, -0.1) is 0 Å². The Bertz CT molecular complexity index is 1090. The van der Waals surface area contributed by atoms with Crippen LogP contribution in [0.25, 0.3) is 0 Å². The van der Waals surface area contributed by atoms with Crippen LogP contribution in [0.1, 0.15) is 37.4 Å². The molecule has 4 rings (SSSR count). The van der Waals surface area contributed by atoms with E-state index in [-0.39, 0.29) is 45.0 Å². The third-order valence-electron chi connectivity index (χ3n) is 5.01. The molecule has 0 heterocycles. The number of aromatic hydroxyl groups is 1. The molecule has 7 heteroatoms. The van der Waals surface area contributed by atoms with Gasteiger partial charge in [0.25, 0.3) is 0 Å². The molecule has 27 heavy (non-hydrogen) atoms. The Morgan fingerprint density at radius 2 is 1.56 bits per heavy atom. The van der Waals surface area contributed by atoms with Gasteiger partial charge in [-0.25, -0.2) is 0 Å². The van der Waals surface area contributed by atoms with Crippen LogP contribution in [0.15, 0.2) is 60.0 Å². The summed E-state index contributed by atoms with van der Waals surface area (Å²) in [5.74, 6) is -1.63. The lowest BCUT2D eigenvalue weighted by molar-refractivity contribution is 0.0971. The summed E-state index contributed by atoms with van der Waals surface area (Å²) in [5, 5.41) is 30.3. The number of phenols is 1. The van der Waals surface area contributed by atoms with Crippen molar-refractivity contribution < 1.29 is 24.9 Å². The fourth-order valence-electron chi connectivity index (χ4n) is 3.62. The van der Waals surface area contributed by atoms with Crippen molar-refractivity contribution in [3.63, 3.8) is 0 Å². The first-order chi connectivity index (χ1) is 12.8. The van der Waals surface area contributed by atoms with Crippen molar-refractivity contribution in [3.8, 4) is 5.75 Å². The molecule has 0 saturated heterocycles. The Morgan fingerprint density at radius 1 is 0.926 bits per heavy atom. The number of fused-ring (bicyclic) bond motifs is 2. The van der Waals surface area contributed by atoms with Crippen molar-refractivity contribution in [2.45, 2.75) is 11.6 Å². The van der Waals surface area contributed by atoms with Crippen LogP contribution in [0.4, 0.5) is 0 Å². The summed E-state index contributed by atoms with van der Waals surface area (Å²) in [4.78, 5) is 26.1. The maximum Gasteiger partial charge on any atom is 0.198 e. The second kappa shape index (κ2) is 5.54. The molecule has 136 valence electrons. The van der Waals surface area contributed by atoms with E-state index >= 15 is 0 Å². The first-order valence-electron chi connectivity index (χ1n) is 8.17. The van der Waals surface area contributed by atoms with Crippen LogP contribution in [0.5, 0.6) is 5.75 Å². The van der Waals surface area contributed by atoms with Gasteiger partial charge >= 0.3 is 0 Å². The Morgan fingerprint density at radius 3 is 2.26 bits per heavy atom. The van der Waals surface area contributed by atoms with E-state index in [1.54, 1.807) is 6.07 Å². The molecule has 0 saturated carbocycles. The van der Waals surface area contributed by atoms with Gasteiger partial charge in [0.2, 0.25) is 0 Å². The van der Waals surface area contributed by atoms with Gasteiger partial charge < -0.3 is 26.8 Å². The zero-order chi connectivity index (χ0) is 19.5. The van der Waals surface area contributed by atoms with Gasteiger partial charge in [-0.1, -0.05) is 30.3 Å². The number of phenolic OH excluding ortho intramolecular Hbond substituents is 1. The molecule has 7 nitrogen and oxygen atoms in total. The van der Waals surface area contributed by atoms with Crippen LogP contribution in [-0.2, 0) is 5.54 Å². The monoisotopic (exact) mass is 364 g/mol. The molecular weight excluding hydrogens is 348 g/mol. The number of hydrogen-bond donors (Lipinski definition) is 5. The second-order valence-corrected chi connectivity index (χ2v) is 6.62. The summed E-state index contributed by atoms with van der Waals surface area (Å²) in [6.07, 6.45) is 0.945. The largest absolute Gasteiger partial charge is 0.507 e. The van der Waals surface area contributed by atoms with Crippen LogP contribution < -0.4 is 11.5 Å². The van der Waals surface area contributed by atoms with E-state index < -0.39 is 23.2 Å². The number of ketones is 2. The van der Waals surface area contributed by atoms with Crippen molar-refractivity contribution in [1.29, 1.82) is 0 Å². The molecule has 2 aromatic rings. The minimum atomic E-state index is -1.64. The second-order valence-electron chi connectivity index (χ2n) is 6.62. The van der Waals surface area contributed by atoms with Gasteiger partial charge in [-0.05, 0) is 23.8 Å². The average molecular weight is 364 g/mol. The van der Waals surface area contributed by atoms with Crippen molar-refractivity contribution in [1.82, 2.24) is 0 Å². The van der Waals surface area contributed by atoms with E-state index in [0.29, 0.717) is 0 Å². The van der Waals surface area contributed by atoms with Gasteiger partial charge in [-0.2, -0.15) is 0 Å². The molecule has 0 radical (unpaired) electrons. The van der Waals surface area contributed by atoms with Crippen molar-refractivity contribution in [2.24, 2.45) is 11.5 Å². The Kier molecular flexibility index (Phi) is 3.49. The van der Waals surface area contributed by atoms with Gasteiger partial charge in [0.1, 0.15) is 17.6 Å². The fraction of sp³-hybridized carbons (Fsp3) is 0.100. The molecule has 2 atom stereocenters. The molecule has 2 unspecified atom stereocenters. The van der Waals surface area contributed by atoms with E-state index in [1.807, 2.05) is 0 Å². The molecular formula is C20H16N2O5. The lowest BCUT2D eigenvalue weighted by atomic mass is 9.73. The molecule has 7 N–H and O–H groups in total. The van der Waals surface area contributed by atoms with Gasteiger partial charge in [0.05, 0.1) is 16.8 Å². The molecule has 2 aromatic carbocycles. The third kappa shape index (κ3) is 2.22. The Labute approximate surface area is 153 Å². The van der Waals surface area contributed by atoms with E-state index in [2.05, 4.69) is 0 Å². The number of aliphatic hydroxyl groups excluding tert-OH is 2. The number of carbonyl (C=O) groups is 2. The van der Waals surface area contributed by atoms with E-state index in [1.165, 1.54) is 36.4 Å². The maximum absolute atomic E-state index is 13.2. The van der Waals surface area contributed by atoms with E-state index in [9.17, 15) is 24.9 Å². The summed E-state index contributed by atoms with van der Waals surface area (Å²) in [6.45, 7) is 0. The molecule has 0 aliphatic heterocycles. The topological polar surface area (TPSA) is 147 Å². The zero-order valence-corrected chi connectivity index (χ0v) is 14.0. The third-order valence-corrected chi connectivity index (χ3v) is 5.01. The summed E-state index contributed by atoms with van der Waals surface area (Å²) >= 11 is 0. The molecule has 0 amide bonds. The lowest BCUT2D eigenvalue weighted by Crippen LogP contribution is -2.49. The van der Waals surface area contributed by atoms with Gasteiger partial charge in [-0.3, -0.25) is 9.59 Å². The molecule has 0 aromatic heterocycles. The smallest absolute Gasteiger partial charge is 0.198 e. The highest BCUT2D eigenvalue weighted by Gasteiger charge is 2.43. The quantitative estimate of drug-likeness (QED) is 0.432. The van der Waals surface area contributed by atoms with Crippen LogP contribution >= 0.6 is 0 Å². The van der Waals surface area contributed by atoms with Crippen molar-refractivity contribution >= 4 is 11.6 Å². The first kappa shape index (κ1) is 17.0. The zero-order valence-electron chi connectivity index (χ0n) is 14.0. The van der Waals surface area contributed by atoms with Crippen molar-refractivity contribution in [2.75, 3.05) is 0 Å². The number of carbonyl (C=O) groups excluding carboxylic acids is 2. The predicted octanol–water partition coefficient (Wildman–Crippen LogP) is 0.981. The first-order valence-corrected chi connectivity index (χ1v) is 8.17. The van der Waals surface area contributed by atoms with Crippen molar-refractivity contribution in [3.05, 3.63) is 87.8 Å². The van der Waals surface area contributed by atoms with E-state index in [0.717, 1.165) is 6.08 Å². The highest BCUT2D eigenvalue weighted by molar-refractivity contribution is 6.29. The normalized spacial score (nSPS) is 24.0. The van der Waals surface area contributed by atoms with Crippen LogP contribution in [0.3, 0.4) is 0 Å². The Hall–Kier alpha value is -3.42. The van der Waals surface area contributed by atoms with Crippen LogP contribution in [0, 0.1) is 0 Å². The fourth-order valence-corrected chi connectivity index (χ4v) is 3.62. The molecule has 2 aliphatic carbocycles. The SMILES string of the molecule is NC1=CC(N)(c2cccc3c2C(=O)c2c(O)cccc2C3=O)C(O)C=C1O. The number of rotatable bonds is 1. The standard InChI is InChI=1S/C20H16N2O5/c21-12-8-20(22,15(25)7-14(12)24)11-5-1-3-9-16(11)19(27)17-10(18(9)26)4-2-6-13(17)23/h1-8,15,23-25H,21-22H2. The minimum Gasteiger partial charge on any atom is -0.507 e. The summed E-state index contributed by atoms with van der Waals surface area (Å²) < 4.78 is 0. The van der Waals surface area contributed by atoms with Crippen LogP contribution in [-0.4, -0.2) is 33.0 Å². The van der Waals surface area contributed by atoms with Gasteiger partial charge in [0.15, 0.2) is 11.6 Å². The molecule has 0 fully saturated rings. The number of hydrogen-bond acceptors (Lipinski definition) is 7. The molecule has 0 bridgehead atoms. The summed E-state index contributed by atoms with van der Waals surface area (Å²) in [5.41, 5.74) is 10.7. The highest BCUT2D eigenvalue weighted by Crippen LogP contribution is 2.39. The molecule has 0 spiro atoms. The summed E-state index contributed by atoms with van der Waals surface area (Å²) in [7, 11) is 0. The maximum atomic E-state index is 13.2. The number of benzene rings is 2.